The van der Waals surface area contributed by atoms with Gasteiger partial charge in [-0.1, -0.05) is 0 Å². The van der Waals surface area contributed by atoms with Gasteiger partial charge in [0.1, 0.15) is 5.56 Å². The third-order valence-corrected chi connectivity index (χ3v) is 3.37. The Hall–Kier alpha value is -2.48. The Morgan fingerprint density at radius 1 is 1.45 bits per heavy atom. The molecule has 3 N–H and O–H groups in total. The molecular weight excluding hydrogens is 282 g/mol. The van der Waals surface area contributed by atoms with Crippen molar-refractivity contribution in [3.05, 3.63) is 50.3 Å². The largest absolute Gasteiger partial charge is 0.476 e. The fraction of sp³-hybridized carbons (Fsp3) is 0.167. The Labute approximate surface area is 117 Å². The Morgan fingerprint density at radius 2 is 2.25 bits per heavy atom. The van der Waals surface area contributed by atoms with Crippen LogP contribution in [-0.2, 0) is 6.42 Å². The Balaban J connectivity index is 1.89. The summed E-state index contributed by atoms with van der Waals surface area (Å²) in [4.78, 5) is 40.1. The number of hydrogen-bond donors (Lipinski definition) is 3. The van der Waals surface area contributed by atoms with Crippen LogP contribution in [0.4, 0.5) is 0 Å². The van der Waals surface area contributed by atoms with E-state index in [1.807, 2.05) is 0 Å². The number of carbonyl (C=O) groups excluding carboxylic acids is 1. The van der Waals surface area contributed by atoms with E-state index in [4.69, 9.17) is 5.11 Å². The standard InChI is InChI=1S/C12H11N3O4S/c16-10-7(2-1-4-13-10)11(17)14-5-3-9-15-8(6-20-9)12(18)19/h1-2,4,6H,3,5H2,(H,13,16)(H,14,17)(H,18,19). The number of amides is 1. The van der Waals surface area contributed by atoms with Crippen molar-refractivity contribution in [2.75, 3.05) is 6.54 Å². The molecular formula is C12H11N3O4S. The van der Waals surface area contributed by atoms with Gasteiger partial charge in [0.05, 0.1) is 5.01 Å². The highest BCUT2D eigenvalue weighted by molar-refractivity contribution is 7.09. The fourth-order valence-electron chi connectivity index (χ4n) is 1.50. The lowest BCUT2D eigenvalue weighted by atomic mass is 10.2. The Kier molecular flexibility index (Phi) is 4.26. The predicted octanol–water partition coefficient (Wildman–Crippen LogP) is 0.502. The summed E-state index contributed by atoms with van der Waals surface area (Å²) in [6.45, 7) is 0.278. The third-order valence-electron chi connectivity index (χ3n) is 2.46. The summed E-state index contributed by atoms with van der Waals surface area (Å²) in [7, 11) is 0. The molecule has 0 saturated carbocycles. The van der Waals surface area contributed by atoms with Crippen LogP contribution in [0.25, 0.3) is 0 Å². The first-order chi connectivity index (χ1) is 9.58. The van der Waals surface area contributed by atoms with E-state index >= 15 is 0 Å². The summed E-state index contributed by atoms with van der Waals surface area (Å²) in [5.41, 5.74) is -0.416. The molecule has 0 unspecified atom stereocenters. The number of H-pyrrole nitrogens is 1. The molecule has 8 heteroatoms. The zero-order valence-corrected chi connectivity index (χ0v) is 11.1. The summed E-state index contributed by atoms with van der Waals surface area (Å²) in [5.74, 6) is -1.55. The summed E-state index contributed by atoms with van der Waals surface area (Å²) in [6.07, 6.45) is 1.86. The molecule has 0 fully saturated rings. The van der Waals surface area contributed by atoms with Crippen LogP contribution in [0, 0.1) is 0 Å². The van der Waals surface area contributed by atoms with E-state index in [1.165, 1.54) is 29.0 Å². The number of nitrogens with zero attached hydrogens (tertiary/aromatic N) is 1. The Morgan fingerprint density at radius 3 is 2.90 bits per heavy atom. The lowest BCUT2D eigenvalue weighted by molar-refractivity contribution is 0.0690. The van der Waals surface area contributed by atoms with Gasteiger partial charge >= 0.3 is 5.97 Å². The van der Waals surface area contributed by atoms with Gasteiger partial charge < -0.3 is 15.4 Å². The van der Waals surface area contributed by atoms with Crippen molar-refractivity contribution >= 4 is 23.2 Å². The molecule has 0 saturated heterocycles. The van der Waals surface area contributed by atoms with E-state index in [2.05, 4.69) is 15.3 Å². The average Bonchev–Trinajstić information content (AvgIpc) is 2.88. The molecule has 0 aliphatic heterocycles. The Bertz CT molecular complexity index is 692. The minimum Gasteiger partial charge on any atom is -0.476 e. The third kappa shape index (κ3) is 3.29. The van der Waals surface area contributed by atoms with E-state index in [0.29, 0.717) is 11.4 Å². The van der Waals surface area contributed by atoms with Gasteiger partial charge in [-0.2, -0.15) is 0 Å². The number of hydrogen-bond acceptors (Lipinski definition) is 5. The average molecular weight is 293 g/mol. The zero-order valence-electron chi connectivity index (χ0n) is 10.3. The maximum Gasteiger partial charge on any atom is 0.355 e. The van der Waals surface area contributed by atoms with Crippen molar-refractivity contribution in [3.63, 3.8) is 0 Å². The number of aromatic amines is 1. The van der Waals surface area contributed by atoms with Gasteiger partial charge in [-0.15, -0.1) is 11.3 Å². The van der Waals surface area contributed by atoms with E-state index in [9.17, 15) is 14.4 Å². The highest BCUT2D eigenvalue weighted by Gasteiger charge is 2.11. The number of aromatic carboxylic acids is 1. The summed E-state index contributed by atoms with van der Waals surface area (Å²) in [5, 5.41) is 13.4. The second-order valence-corrected chi connectivity index (χ2v) is 4.79. The summed E-state index contributed by atoms with van der Waals surface area (Å²) < 4.78 is 0. The highest BCUT2D eigenvalue weighted by Crippen LogP contribution is 2.09. The second kappa shape index (κ2) is 6.11. The molecule has 0 aliphatic carbocycles. The normalized spacial score (nSPS) is 10.2. The molecule has 2 aromatic rings. The summed E-state index contributed by atoms with van der Waals surface area (Å²) >= 11 is 1.22. The minimum atomic E-state index is -1.08. The molecule has 20 heavy (non-hydrogen) atoms. The molecule has 0 atom stereocenters. The lowest BCUT2D eigenvalue weighted by Gasteiger charge is -2.02. The predicted molar refractivity (Wildman–Crippen MR) is 72.2 cm³/mol. The topological polar surface area (TPSA) is 112 Å². The van der Waals surface area contributed by atoms with Crippen LogP contribution >= 0.6 is 11.3 Å². The van der Waals surface area contributed by atoms with Crippen molar-refractivity contribution < 1.29 is 14.7 Å². The molecule has 0 bridgehead atoms. The molecule has 7 nitrogen and oxygen atoms in total. The van der Waals surface area contributed by atoms with Crippen LogP contribution in [-0.4, -0.2) is 33.5 Å². The molecule has 0 radical (unpaired) electrons. The minimum absolute atomic E-state index is 0.00386. The second-order valence-electron chi connectivity index (χ2n) is 3.85. The maximum absolute atomic E-state index is 11.7. The molecule has 104 valence electrons. The zero-order chi connectivity index (χ0) is 14.5. The fourth-order valence-corrected chi connectivity index (χ4v) is 2.27. The number of carboxylic acid groups (broad SMARTS) is 1. The van der Waals surface area contributed by atoms with Crippen molar-refractivity contribution in [2.24, 2.45) is 0 Å². The molecule has 2 aromatic heterocycles. The molecule has 0 aromatic carbocycles. The number of thiazole rings is 1. The molecule has 0 aliphatic rings. The van der Waals surface area contributed by atoms with Crippen molar-refractivity contribution in [1.82, 2.24) is 15.3 Å². The van der Waals surface area contributed by atoms with Crippen LogP contribution < -0.4 is 10.9 Å². The van der Waals surface area contributed by atoms with E-state index in [1.54, 1.807) is 6.07 Å². The number of rotatable bonds is 5. The number of aromatic nitrogens is 2. The monoisotopic (exact) mass is 293 g/mol. The van der Waals surface area contributed by atoms with Gasteiger partial charge in [-0.3, -0.25) is 9.59 Å². The van der Waals surface area contributed by atoms with Crippen LogP contribution in [0.1, 0.15) is 25.9 Å². The SMILES string of the molecule is O=C(O)c1csc(CCNC(=O)c2ccc[nH]c2=O)n1. The number of nitrogens with one attached hydrogen (secondary N) is 2. The van der Waals surface area contributed by atoms with Gasteiger partial charge in [0.2, 0.25) is 0 Å². The molecule has 2 heterocycles. The first-order valence-electron chi connectivity index (χ1n) is 5.71. The van der Waals surface area contributed by atoms with Crippen LogP contribution in [0.15, 0.2) is 28.5 Å². The van der Waals surface area contributed by atoms with Gasteiger partial charge in [0.25, 0.3) is 11.5 Å². The van der Waals surface area contributed by atoms with E-state index in [-0.39, 0.29) is 17.8 Å². The number of pyridine rings is 1. The van der Waals surface area contributed by atoms with Gasteiger partial charge in [0.15, 0.2) is 5.69 Å². The quantitative estimate of drug-likeness (QED) is 0.743. The number of carbonyl (C=O) groups is 2. The van der Waals surface area contributed by atoms with Crippen LogP contribution in [0.5, 0.6) is 0 Å². The first-order valence-corrected chi connectivity index (χ1v) is 6.59. The number of carboxylic acids is 1. The summed E-state index contributed by atoms with van der Waals surface area (Å²) in [6, 6.07) is 3.00. The molecule has 0 spiro atoms. The smallest absolute Gasteiger partial charge is 0.355 e. The lowest BCUT2D eigenvalue weighted by Crippen LogP contribution is -2.30. The highest BCUT2D eigenvalue weighted by atomic mass is 32.1. The van der Waals surface area contributed by atoms with Gasteiger partial charge in [0, 0.05) is 24.5 Å². The van der Waals surface area contributed by atoms with Crippen LogP contribution in [0.3, 0.4) is 0 Å². The van der Waals surface area contributed by atoms with E-state index < -0.39 is 17.4 Å². The van der Waals surface area contributed by atoms with Crippen molar-refractivity contribution in [3.8, 4) is 0 Å². The maximum atomic E-state index is 11.7. The van der Waals surface area contributed by atoms with Gasteiger partial charge in [-0.05, 0) is 12.1 Å². The van der Waals surface area contributed by atoms with Crippen molar-refractivity contribution in [1.29, 1.82) is 0 Å². The molecule has 2 rings (SSSR count). The van der Waals surface area contributed by atoms with E-state index in [0.717, 1.165) is 0 Å². The molecule has 1 amide bonds. The van der Waals surface area contributed by atoms with Gasteiger partial charge in [-0.25, -0.2) is 9.78 Å². The van der Waals surface area contributed by atoms with Crippen LogP contribution in [0.2, 0.25) is 0 Å². The van der Waals surface area contributed by atoms with Crippen molar-refractivity contribution in [2.45, 2.75) is 6.42 Å². The first kappa shape index (κ1) is 13.9.